The zero-order chi connectivity index (χ0) is 12.2. The summed E-state index contributed by atoms with van der Waals surface area (Å²) in [6.07, 6.45) is 0. The lowest BCUT2D eigenvalue weighted by molar-refractivity contribution is 0.158. The molecule has 0 amide bonds. The van der Waals surface area contributed by atoms with E-state index >= 15 is 0 Å². The molecule has 1 aromatic rings. The van der Waals surface area contributed by atoms with Crippen molar-refractivity contribution in [1.29, 1.82) is 5.26 Å². The van der Waals surface area contributed by atoms with Crippen LogP contribution in [0.3, 0.4) is 0 Å². The molecule has 16 heavy (non-hydrogen) atoms. The fourth-order valence-corrected chi connectivity index (χ4v) is 1.72. The van der Waals surface area contributed by atoms with Gasteiger partial charge in [0.05, 0.1) is 28.4 Å². The molecule has 0 aliphatic rings. The second-order valence-corrected chi connectivity index (χ2v) is 4.62. The third-order valence-electron chi connectivity index (χ3n) is 2.10. The van der Waals surface area contributed by atoms with Crippen LogP contribution in [0.15, 0.2) is 18.2 Å². The van der Waals surface area contributed by atoms with Crippen molar-refractivity contribution in [2.75, 3.05) is 19.0 Å². The lowest BCUT2D eigenvalue weighted by Crippen LogP contribution is -2.36. The number of rotatable bonds is 4. The molecule has 0 heterocycles. The normalized spacial score (nSPS) is 10.9. The van der Waals surface area contributed by atoms with Crippen LogP contribution in [-0.2, 0) is 4.74 Å². The number of anilines is 1. The molecule has 3 nitrogen and oxygen atoms in total. The quantitative estimate of drug-likeness (QED) is 0.877. The molecule has 0 bridgehead atoms. The molecule has 0 spiro atoms. The van der Waals surface area contributed by atoms with E-state index in [1.807, 2.05) is 26.0 Å². The lowest BCUT2D eigenvalue weighted by atomic mass is 10.1. The molecule has 1 N–H and O–H groups in total. The van der Waals surface area contributed by atoms with Crippen LogP contribution in [0.25, 0.3) is 0 Å². The maximum absolute atomic E-state index is 9.02. The Hall–Kier alpha value is -1.24. The molecule has 1 aromatic carbocycles. The summed E-state index contributed by atoms with van der Waals surface area (Å²) in [5.41, 5.74) is 0.954. The second kappa shape index (κ2) is 5.20. The zero-order valence-corrected chi connectivity index (χ0v) is 10.4. The highest BCUT2D eigenvalue weighted by Gasteiger charge is 2.19. The Morgan fingerprint density at radius 1 is 1.50 bits per heavy atom. The van der Waals surface area contributed by atoms with E-state index in [1.165, 1.54) is 0 Å². The average molecular weight is 239 g/mol. The van der Waals surface area contributed by atoms with Crippen LogP contribution in [0.1, 0.15) is 19.4 Å². The van der Waals surface area contributed by atoms with Gasteiger partial charge in [-0.05, 0) is 26.0 Å². The van der Waals surface area contributed by atoms with Crippen molar-refractivity contribution < 1.29 is 4.74 Å². The molecular formula is C12H15ClN2O. The molecule has 0 atom stereocenters. The average Bonchev–Trinajstić information content (AvgIpc) is 2.17. The van der Waals surface area contributed by atoms with E-state index in [4.69, 9.17) is 21.6 Å². The Labute approximate surface area is 101 Å². The maximum Gasteiger partial charge on any atom is 0.103 e. The Morgan fingerprint density at radius 3 is 2.75 bits per heavy atom. The Balaban J connectivity index is 2.98. The third kappa shape index (κ3) is 3.13. The molecule has 0 aliphatic carbocycles. The SMILES string of the molecule is COCC(C)(C)Nc1cccc(Cl)c1C#N. The standard InChI is InChI=1S/C12H15ClN2O/c1-12(2,8-16-3)15-11-6-4-5-10(13)9(11)7-14/h4-6,15H,8H2,1-3H3. The Morgan fingerprint density at radius 2 is 2.19 bits per heavy atom. The summed E-state index contributed by atoms with van der Waals surface area (Å²) in [4.78, 5) is 0. The fourth-order valence-electron chi connectivity index (χ4n) is 1.50. The highest BCUT2D eigenvalue weighted by Crippen LogP contribution is 2.25. The molecule has 0 aliphatic heterocycles. The van der Waals surface area contributed by atoms with Gasteiger partial charge in [0.2, 0.25) is 0 Å². The van der Waals surface area contributed by atoms with Gasteiger partial charge in [-0.1, -0.05) is 17.7 Å². The Kier molecular flexibility index (Phi) is 4.17. The number of hydrogen-bond acceptors (Lipinski definition) is 3. The van der Waals surface area contributed by atoms with E-state index in [9.17, 15) is 0 Å². The summed E-state index contributed by atoms with van der Waals surface area (Å²) in [7, 11) is 1.65. The molecule has 4 heteroatoms. The van der Waals surface area contributed by atoms with Gasteiger partial charge >= 0.3 is 0 Å². The van der Waals surface area contributed by atoms with Crippen molar-refractivity contribution >= 4 is 17.3 Å². The van der Waals surface area contributed by atoms with Crippen LogP contribution >= 0.6 is 11.6 Å². The van der Waals surface area contributed by atoms with Crippen LogP contribution in [0.2, 0.25) is 5.02 Å². The van der Waals surface area contributed by atoms with Crippen molar-refractivity contribution in [2.45, 2.75) is 19.4 Å². The van der Waals surface area contributed by atoms with Crippen molar-refractivity contribution in [3.8, 4) is 6.07 Å². The van der Waals surface area contributed by atoms with Crippen LogP contribution < -0.4 is 5.32 Å². The summed E-state index contributed by atoms with van der Waals surface area (Å²) in [6, 6.07) is 7.45. The van der Waals surface area contributed by atoms with Gasteiger partial charge in [0.15, 0.2) is 0 Å². The van der Waals surface area contributed by atoms with Crippen molar-refractivity contribution in [3.05, 3.63) is 28.8 Å². The predicted molar refractivity (Wildman–Crippen MR) is 65.7 cm³/mol. The minimum atomic E-state index is -0.245. The molecule has 0 radical (unpaired) electrons. The van der Waals surface area contributed by atoms with Gasteiger partial charge < -0.3 is 10.1 Å². The van der Waals surface area contributed by atoms with E-state index in [1.54, 1.807) is 13.2 Å². The second-order valence-electron chi connectivity index (χ2n) is 4.22. The van der Waals surface area contributed by atoms with Crippen molar-refractivity contribution in [2.24, 2.45) is 0 Å². The smallest absolute Gasteiger partial charge is 0.103 e. The van der Waals surface area contributed by atoms with Gasteiger partial charge in [0.1, 0.15) is 6.07 Å². The third-order valence-corrected chi connectivity index (χ3v) is 2.42. The maximum atomic E-state index is 9.02. The monoisotopic (exact) mass is 238 g/mol. The number of ether oxygens (including phenoxy) is 1. The topological polar surface area (TPSA) is 45.0 Å². The van der Waals surface area contributed by atoms with Crippen LogP contribution in [0.4, 0.5) is 5.69 Å². The van der Waals surface area contributed by atoms with Crippen LogP contribution in [0.5, 0.6) is 0 Å². The number of hydrogen-bond donors (Lipinski definition) is 1. The predicted octanol–water partition coefficient (Wildman–Crippen LogP) is 3.05. The van der Waals surface area contributed by atoms with Crippen LogP contribution in [0, 0.1) is 11.3 Å². The van der Waals surface area contributed by atoms with Crippen molar-refractivity contribution in [1.82, 2.24) is 0 Å². The fraction of sp³-hybridized carbons (Fsp3) is 0.417. The van der Waals surface area contributed by atoms with Gasteiger partial charge in [-0.2, -0.15) is 5.26 Å². The summed E-state index contributed by atoms with van der Waals surface area (Å²) in [5.74, 6) is 0. The molecule has 0 unspecified atom stereocenters. The van der Waals surface area contributed by atoms with Gasteiger partial charge in [-0.15, -0.1) is 0 Å². The number of methoxy groups -OCH3 is 1. The Bertz CT molecular complexity index is 410. The van der Waals surface area contributed by atoms with Crippen LogP contribution in [-0.4, -0.2) is 19.3 Å². The van der Waals surface area contributed by atoms with E-state index in [2.05, 4.69) is 11.4 Å². The van der Waals surface area contributed by atoms with Gasteiger partial charge in [0, 0.05) is 7.11 Å². The summed E-state index contributed by atoms with van der Waals surface area (Å²) in [5, 5.41) is 12.7. The summed E-state index contributed by atoms with van der Waals surface area (Å²) >= 11 is 5.94. The largest absolute Gasteiger partial charge is 0.382 e. The number of halogens is 1. The lowest BCUT2D eigenvalue weighted by Gasteiger charge is -2.27. The molecule has 86 valence electrons. The molecule has 1 rings (SSSR count). The first kappa shape index (κ1) is 12.8. The van der Waals surface area contributed by atoms with Crippen molar-refractivity contribution in [3.63, 3.8) is 0 Å². The van der Waals surface area contributed by atoms with Gasteiger partial charge in [0.25, 0.3) is 0 Å². The molecule has 0 saturated carbocycles. The van der Waals surface area contributed by atoms with E-state index in [0.717, 1.165) is 5.69 Å². The number of nitrogens with zero attached hydrogens (tertiary/aromatic N) is 1. The first-order chi connectivity index (χ1) is 7.50. The van der Waals surface area contributed by atoms with E-state index in [-0.39, 0.29) is 5.54 Å². The number of nitrogens with one attached hydrogen (secondary N) is 1. The summed E-state index contributed by atoms with van der Waals surface area (Å²) < 4.78 is 5.10. The zero-order valence-electron chi connectivity index (χ0n) is 9.67. The minimum Gasteiger partial charge on any atom is -0.382 e. The molecule has 0 aromatic heterocycles. The number of benzene rings is 1. The summed E-state index contributed by atoms with van der Waals surface area (Å²) in [6.45, 7) is 4.54. The van der Waals surface area contributed by atoms with E-state index in [0.29, 0.717) is 17.2 Å². The van der Waals surface area contributed by atoms with Gasteiger partial charge in [-0.25, -0.2) is 0 Å². The minimum absolute atomic E-state index is 0.245. The van der Waals surface area contributed by atoms with Gasteiger partial charge in [-0.3, -0.25) is 0 Å². The molecular weight excluding hydrogens is 224 g/mol. The first-order valence-electron chi connectivity index (χ1n) is 4.96. The van der Waals surface area contributed by atoms with E-state index < -0.39 is 0 Å². The molecule has 0 fully saturated rings. The molecule has 0 saturated heterocycles. The highest BCUT2D eigenvalue weighted by molar-refractivity contribution is 6.32. The number of nitriles is 1. The first-order valence-corrected chi connectivity index (χ1v) is 5.34. The highest BCUT2D eigenvalue weighted by atomic mass is 35.5.